The van der Waals surface area contributed by atoms with E-state index in [0.717, 1.165) is 0 Å². The Morgan fingerprint density at radius 3 is 1.89 bits per heavy atom. The van der Waals surface area contributed by atoms with E-state index in [9.17, 15) is 33.6 Å². The first-order chi connectivity index (χ1) is 8.52. The quantitative estimate of drug-likeness (QED) is 0.266. The Balaban J connectivity index is 4.74. The number of halogens is 3. The Morgan fingerprint density at radius 2 is 1.58 bits per heavy atom. The van der Waals surface area contributed by atoms with E-state index in [-0.39, 0.29) is 11.3 Å². The molecular formula is C9H16F3NO4S2. The lowest BCUT2D eigenvalue weighted by molar-refractivity contribution is -0.226. The number of hydrogen-bond acceptors (Lipinski definition) is 5. The molecule has 0 spiro atoms. The lowest BCUT2D eigenvalue weighted by atomic mass is 10.0. The Hall–Kier alpha value is -0.130. The first kappa shape index (κ1) is 18.9. The minimum atomic E-state index is -4.87. The summed E-state index contributed by atoms with van der Waals surface area (Å²) in [6.07, 6.45) is -11.8. The fourth-order valence-electron chi connectivity index (χ4n) is 1.28. The van der Waals surface area contributed by atoms with Gasteiger partial charge in [0.05, 0.1) is 12.6 Å². The van der Waals surface area contributed by atoms with Gasteiger partial charge >= 0.3 is 6.30 Å². The topological polar surface area (TPSA) is 84.2 Å². The molecule has 114 valence electrons. The largest absolute Gasteiger partial charge is 0.486 e. The number of hydrogen-bond donors (Lipinski definition) is 5. The van der Waals surface area contributed by atoms with Crippen LogP contribution >= 0.6 is 24.8 Å². The smallest absolute Gasteiger partial charge is 0.390 e. The van der Waals surface area contributed by atoms with Crippen LogP contribution in [0.2, 0.25) is 0 Å². The summed E-state index contributed by atoms with van der Waals surface area (Å²) in [7, 11) is 0. The van der Waals surface area contributed by atoms with Gasteiger partial charge in [-0.05, 0) is 6.42 Å². The van der Waals surface area contributed by atoms with Gasteiger partial charge in [-0.3, -0.25) is 4.90 Å². The molecule has 4 N–H and O–H groups in total. The molecule has 0 bridgehead atoms. The van der Waals surface area contributed by atoms with Crippen molar-refractivity contribution in [2.75, 3.05) is 6.54 Å². The molecule has 19 heavy (non-hydrogen) atoms. The predicted molar refractivity (Wildman–Crippen MR) is 68.7 cm³/mol. The summed E-state index contributed by atoms with van der Waals surface area (Å²) in [5, 5.41) is 37.6. The van der Waals surface area contributed by atoms with Gasteiger partial charge in [0.1, 0.15) is 22.6 Å². The summed E-state index contributed by atoms with van der Waals surface area (Å²) in [6.45, 7) is 0.401. The summed E-state index contributed by atoms with van der Waals surface area (Å²) in [6, 6.07) is 0. The van der Waals surface area contributed by atoms with E-state index in [4.69, 9.17) is 0 Å². The van der Waals surface area contributed by atoms with Crippen molar-refractivity contribution in [1.29, 1.82) is 0 Å². The number of nitrogens with zero attached hydrogens (tertiary/aromatic N) is 1. The van der Waals surface area contributed by atoms with Crippen molar-refractivity contribution in [1.82, 2.24) is 4.90 Å². The van der Waals surface area contributed by atoms with Crippen molar-refractivity contribution in [2.24, 2.45) is 0 Å². The molecule has 0 aromatic heterocycles. The molecular weight excluding hydrogens is 307 g/mol. The second-order valence-electron chi connectivity index (χ2n) is 3.89. The molecule has 4 atom stereocenters. The van der Waals surface area contributed by atoms with Gasteiger partial charge in [0.25, 0.3) is 0 Å². The van der Waals surface area contributed by atoms with Crippen LogP contribution in [0, 0.1) is 0 Å². The van der Waals surface area contributed by atoms with Gasteiger partial charge in [0.2, 0.25) is 0 Å². The molecule has 0 saturated heterocycles. The fourth-order valence-corrected chi connectivity index (χ4v) is 1.65. The highest BCUT2D eigenvalue weighted by atomic mass is 32.1. The van der Waals surface area contributed by atoms with E-state index in [0.29, 0.717) is 0 Å². The predicted octanol–water partition coefficient (Wildman–Crippen LogP) is -0.123. The number of aliphatic hydroxyl groups excluding tert-OH is 4. The zero-order valence-electron chi connectivity index (χ0n) is 9.95. The zero-order valence-corrected chi connectivity index (χ0v) is 11.7. The maximum atomic E-state index is 12.5. The molecule has 0 aliphatic rings. The van der Waals surface area contributed by atoms with Gasteiger partial charge in [-0.25, -0.2) is 0 Å². The zero-order chi connectivity index (χ0) is 15.4. The SMILES string of the molecule is CCC(O)C(O)C(O)C(O)CN(C(=S)S)C(F)(F)F. The van der Waals surface area contributed by atoms with Crippen molar-refractivity contribution in [3.63, 3.8) is 0 Å². The van der Waals surface area contributed by atoms with Crippen LogP contribution in [-0.4, -0.2) is 66.9 Å². The van der Waals surface area contributed by atoms with Crippen molar-refractivity contribution < 1.29 is 33.6 Å². The highest BCUT2D eigenvalue weighted by Gasteiger charge is 2.41. The highest BCUT2D eigenvalue weighted by Crippen LogP contribution is 2.24. The summed E-state index contributed by atoms with van der Waals surface area (Å²) < 4.78 is 36.7. The Kier molecular flexibility index (Phi) is 7.55. The Bertz CT molecular complexity index is 306. The molecule has 4 unspecified atom stereocenters. The number of rotatable bonds is 6. The van der Waals surface area contributed by atoms with Crippen LogP contribution in [-0.2, 0) is 0 Å². The van der Waals surface area contributed by atoms with Crippen LogP contribution in [0.3, 0.4) is 0 Å². The van der Waals surface area contributed by atoms with Gasteiger partial charge < -0.3 is 20.4 Å². The molecule has 0 rings (SSSR count). The minimum absolute atomic E-state index is 0.0684. The second-order valence-corrected chi connectivity index (χ2v) is 5.00. The van der Waals surface area contributed by atoms with Crippen molar-refractivity contribution in [2.45, 2.75) is 44.1 Å². The maximum Gasteiger partial charge on any atom is 0.486 e. The van der Waals surface area contributed by atoms with Crippen molar-refractivity contribution >= 4 is 29.2 Å². The minimum Gasteiger partial charge on any atom is -0.390 e. The molecule has 5 nitrogen and oxygen atoms in total. The molecule has 0 fully saturated rings. The maximum absolute atomic E-state index is 12.5. The Morgan fingerprint density at radius 1 is 1.16 bits per heavy atom. The first-order valence-corrected chi connectivity index (χ1v) is 6.17. The molecule has 0 amide bonds. The average Bonchev–Trinajstić information content (AvgIpc) is 2.30. The number of thiol groups is 1. The van der Waals surface area contributed by atoms with E-state index >= 15 is 0 Å². The molecule has 0 aliphatic carbocycles. The lowest BCUT2D eigenvalue weighted by Crippen LogP contribution is -2.52. The standard InChI is InChI=1S/C9H16F3NO4S2/c1-2-4(14)6(16)7(17)5(15)3-13(8(18)19)9(10,11)12/h4-7,14-17H,2-3H2,1H3,(H,18,19). The van der Waals surface area contributed by atoms with E-state index in [1.54, 1.807) is 0 Å². The van der Waals surface area contributed by atoms with E-state index in [1.165, 1.54) is 6.92 Å². The van der Waals surface area contributed by atoms with Gasteiger partial charge in [-0.1, -0.05) is 19.1 Å². The molecule has 0 aromatic carbocycles. The first-order valence-electron chi connectivity index (χ1n) is 5.31. The van der Waals surface area contributed by atoms with Crippen molar-refractivity contribution in [3.05, 3.63) is 0 Å². The number of thiocarbonyl (C=S) groups is 1. The van der Waals surface area contributed by atoms with Crippen LogP contribution in [0.4, 0.5) is 13.2 Å². The fraction of sp³-hybridized carbons (Fsp3) is 0.889. The van der Waals surface area contributed by atoms with Gasteiger partial charge in [-0.15, -0.1) is 12.6 Å². The molecule has 0 saturated carbocycles. The summed E-state index contributed by atoms with van der Waals surface area (Å²) >= 11 is 7.65. The monoisotopic (exact) mass is 323 g/mol. The number of alkyl halides is 3. The third kappa shape index (κ3) is 5.79. The van der Waals surface area contributed by atoms with Crippen LogP contribution in [0.1, 0.15) is 13.3 Å². The van der Waals surface area contributed by atoms with Gasteiger partial charge in [0, 0.05) is 0 Å². The summed E-state index contributed by atoms with van der Waals surface area (Å²) in [4.78, 5) is -0.357. The third-order valence-corrected chi connectivity index (χ3v) is 2.93. The Labute approximate surface area is 119 Å². The molecule has 10 heteroatoms. The van der Waals surface area contributed by atoms with Crippen LogP contribution < -0.4 is 0 Å². The van der Waals surface area contributed by atoms with E-state index < -0.39 is 41.6 Å². The molecule has 0 aromatic rings. The van der Waals surface area contributed by atoms with Crippen LogP contribution in [0.25, 0.3) is 0 Å². The molecule has 0 heterocycles. The molecule has 0 radical (unpaired) electrons. The summed E-state index contributed by atoms with van der Waals surface area (Å²) in [5.41, 5.74) is 0. The van der Waals surface area contributed by atoms with Gasteiger partial charge in [0.15, 0.2) is 0 Å². The van der Waals surface area contributed by atoms with Crippen molar-refractivity contribution in [3.8, 4) is 0 Å². The summed E-state index contributed by atoms with van der Waals surface area (Å²) in [5.74, 6) is 0. The average molecular weight is 323 g/mol. The van der Waals surface area contributed by atoms with Crippen LogP contribution in [0.15, 0.2) is 0 Å². The van der Waals surface area contributed by atoms with Gasteiger partial charge in [-0.2, -0.15) is 13.2 Å². The van der Waals surface area contributed by atoms with E-state index in [1.807, 2.05) is 0 Å². The normalized spacial score (nSPS) is 18.6. The third-order valence-electron chi connectivity index (χ3n) is 2.46. The molecule has 0 aliphatic heterocycles. The highest BCUT2D eigenvalue weighted by molar-refractivity contribution is 8.10. The number of aliphatic hydroxyl groups is 4. The van der Waals surface area contributed by atoms with E-state index in [2.05, 4.69) is 24.8 Å². The van der Waals surface area contributed by atoms with Crippen LogP contribution in [0.5, 0.6) is 0 Å². The second kappa shape index (κ2) is 7.60. The lowest BCUT2D eigenvalue weighted by Gasteiger charge is -2.31.